The van der Waals surface area contributed by atoms with Gasteiger partial charge in [0.05, 0.1) is 11.0 Å². The summed E-state index contributed by atoms with van der Waals surface area (Å²) in [5.41, 5.74) is 9.09. The van der Waals surface area contributed by atoms with Crippen molar-refractivity contribution in [2.24, 2.45) is 0 Å². The van der Waals surface area contributed by atoms with Gasteiger partial charge in [-0.1, -0.05) is 152 Å². The summed E-state index contributed by atoms with van der Waals surface area (Å²) in [5, 5.41) is 11.0. The molecule has 13 aromatic rings. The maximum Gasteiger partial charge on any atom is 0.238 e. The van der Waals surface area contributed by atoms with E-state index in [9.17, 15) is 0 Å². The molecule has 4 heterocycles. The van der Waals surface area contributed by atoms with Gasteiger partial charge in [0.1, 0.15) is 22.3 Å². The van der Waals surface area contributed by atoms with E-state index >= 15 is 0 Å². The minimum absolute atomic E-state index is 0.517. The number of hydrogen-bond donors (Lipinski definition) is 0. The fraction of sp³-hybridized carbons (Fsp3) is 0. The highest BCUT2D eigenvalue weighted by molar-refractivity contribution is 6.22. The molecule has 9 aromatic carbocycles. The lowest BCUT2D eigenvalue weighted by molar-refractivity contribution is 0.669. The zero-order chi connectivity index (χ0) is 38.6. The Morgan fingerprint density at radius 2 is 0.898 bits per heavy atom. The van der Waals surface area contributed by atoms with Gasteiger partial charge in [0.2, 0.25) is 5.95 Å². The lowest BCUT2D eigenvalue weighted by Gasteiger charge is -2.14. The van der Waals surface area contributed by atoms with Crippen LogP contribution in [-0.2, 0) is 0 Å². The molecule has 0 N–H and O–H groups in total. The van der Waals surface area contributed by atoms with Crippen molar-refractivity contribution in [3.05, 3.63) is 182 Å². The molecule has 59 heavy (non-hydrogen) atoms. The predicted molar refractivity (Wildman–Crippen MR) is 240 cm³/mol. The van der Waals surface area contributed by atoms with Crippen LogP contribution in [0.15, 0.2) is 191 Å². The first-order chi connectivity index (χ1) is 29.2. The monoisotopic (exact) mass is 754 g/mol. The van der Waals surface area contributed by atoms with Crippen LogP contribution in [0, 0.1) is 0 Å². The highest BCUT2D eigenvalue weighted by Crippen LogP contribution is 2.44. The highest BCUT2D eigenvalue weighted by Gasteiger charge is 2.24. The Morgan fingerprint density at radius 3 is 1.73 bits per heavy atom. The third kappa shape index (κ3) is 4.77. The molecule has 0 aliphatic carbocycles. The van der Waals surface area contributed by atoms with E-state index in [1.165, 1.54) is 0 Å². The first-order valence-electron chi connectivity index (χ1n) is 19.8. The van der Waals surface area contributed by atoms with Crippen molar-refractivity contribution in [3.8, 4) is 39.9 Å². The molecule has 0 aliphatic heterocycles. The van der Waals surface area contributed by atoms with Crippen molar-refractivity contribution in [1.29, 1.82) is 0 Å². The summed E-state index contributed by atoms with van der Waals surface area (Å²) in [4.78, 5) is 16.0. The normalized spacial score (nSPS) is 12.1. The second-order valence-electron chi connectivity index (χ2n) is 15.2. The molecule has 0 bridgehead atoms. The van der Waals surface area contributed by atoms with Crippen molar-refractivity contribution < 1.29 is 8.83 Å². The minimum atomic E-state index is 0.517. The van der Waals surface area contributed by atoms with Gasteiger partial charge >= 0.3 is 0 Å². The molecule has 274 valence electrons. The number of furan rings is 2. The Hall–Kier alpha value is -8.09. The Morgan fingerprint density at radius 1 is 0.339 bits per heavy atom. The molecule has 0 unspecified atom stereocenters. The van der Waals surface area contributed by atoms with Crippen LogP contribution in [-0.4, -0.2) is 19.5 Å². The molecule has 0 aliphatic rings. The summed E-state index contributed by atoms with van der Waals surface area (Å²) in [6.45, 7) is 0. The Bertz CT molecular complexity index is 3870. The van der Waals surface area contributed by atoms with Crippen LogP contribution in [0.4, 0.5) is 0 Å². The topological polar surface area (TPSA) is 69.9 Å². The minimum Gasteiger partial charge on any atom is -0.456 e. The molecular formula is C53H30N4O2. The first-order valence-corrected chi connectivity index (χ1v) is 19.8. The Kier molecular flexibility index (Phi) is 6.63. The fourth-order valence-electron chi connectivity index (χ4n) is 9.12. The van der Waals surface area contributed by atoms with Crippen molar-refractivity contribution in [3.63, 3.8) is 0 Å². The molecular weight excluding hydrogens is 725 g/mol. The smallest absolute Gasteiger partial charge is 0.238 e. The number of fused-ring (bicyclic) bond motifs is 12. The molecule has 0 saturated carbocycles. The second kappa shape index (κ2) is 12.2. The molecule has 6 nitrogen and oxygen atoms in total. The van der Waals surface area contributed by atoms with Gasteiger partial charge in [0.25, 0.3) is 0 Å². The Labute approximate surface area is 336 Å². The molecule has 0 spiro atoms. The molecule has 0 fully saturated rings. The van der Waals surface area contributed by atoms with Crippen LogP contribution in [0.25, 0.3) is 127 Å². The quantitative estimate of drug-likeness (QED) is 0.179. The van der Waals surface area contributed by atoms with Crippen molar-refractivity contribution in [2.75, 3.05) is 0 Å². The number of nitrogens with zero attached hydrogens (tertiary/aromatic N) is 4. The molecule has 4 aromatic heterocycles. The van der Waals surface area contributed by atoms with Crippen LogP contribution in [0.1, 0.15) is 0 Å². The van der Waals surface area contributed by atoms with Crippen LogP contribution >= 0.6 is 0 Å². The number of benzene rings is 9. The van der Waals surface area contributed by atoms with Crippen LogP contribution in [0.2, 0.25) is 0 Å². The van der Waals surface area contributed by atoms with E-state index in [0.717, 1.165) is 109 Å². The van der Waals surface area contributed by atoms with E-state index in [4.69, 9.17) is 23.8 Å². The molecule has 0 atom stereocenters. The molecule has 6 heteroatoms. The van der Waals surface area contributed by atoms with Gasteiger partial charge in [-0.15, -0.1) is 0 Å². The molecule has 0 amide bonds. The van der Waals surface area contributed by atoms with E-state index in [1.54, 1.807) is 0 Å². The van der Waals surface area contributed by atoms with E-state index in [2.05, 4.69) is 150 Å². The van der Waals surface area contributed by atoms with Gasteiger partial charge < -0.3 is 8.83 Å². The summed E-state index contributed by atoms with van der Waals surface area (Å²) in [5.74, 6) is 1.64. The first kappa shape index (κ1) is 32.0. The number of hydrogen-bond acceptors (Lipinski definition) is 5. The summed E-state index contributed by atoms with van der Waals surface area (Å²) < 4.78 is 15.3. The van der Waals surface area contributed by atoms with Crippen molar-refractivity contribution >= 4 is 87.2 Å². The zero-order valence-corrected chi connectivity index (χ0v) is 31.4. The van der Waals surface area contributed by atoms with Crippen molar-refractivity contribution in [2.45, 2.75) is 0 Å². The van der Waals surface area contributed by atoms with Gasteiger partial charge in [-0.05, 0) is 46.5 Å². The van der Waals surface area contributed by atoms with Gasteiger partial charge in [-0.3, -0.25) is 4.57 Å². The SMILES string of the molecule is c1ccc2cc(-c3nc(-c4ccc5c(c4)oc4ccccc45)nc(-n4c5c(-c6cccc7c6oc6ccccc67)cccc5c5ccc6ccccc6c54)n3)ccc2c1. The third-order valence-electron chi connectivity index (χ3n) is 11.8. The standard InChI is InChI=1S/C53H30N4O2/c1-2-13-33-29-34(24-23-31(33)11-1)51-54-52(35-26-27-39-37-15-5-7-21-45(37)58-47(39)30-35)56-53(55-51)57-48-36-14-4-3-12-32(36)25-28-42(48)40-17-9-18-41(49(40)57)44-20-10-19-43-38-16-6-8-22-46(38)59-50(43)44/h1-30H. The van der Waals surface area contributed by atoms with Crippen LogP contribution in [0.3, 0.4) is 0 Å². The van der Waals surface area contributed by atoms with Crippen LogP contribution in [0.5, 0.6) is 0 Å². The highest BCUT2D eigenvalue weighted by atomic mass is 16.3. The average molecular weight is 755 g/mol. The maximum absolute atomic E-state index is 6.66. The molecule has 0 saturated heterocycles. The largest absolute Gasteiger partial charge is 0.456 e. The van der Waals surface area contributed by atoms with E-state index in [1.807, 2.05) is 36.4 Å². The van der Waals surface area contributed by atoms with Crippen molar-refractivity contribution in [1.82, 2.24) is 19.5 Å². The third-order valence-corrected chi connectivity index (χ3v) is 11.8. The predicted octanol–water partition coefficient (Wildman–Crippen LogP) is 14.1. The number of aromatic nitrogens is 4. The summed E-state index contributed by atoms with van der Waals surface area (Å²) in [6.07, 6.45) is 0. The van der Waals surface area contributed by atoms with Gasteiger partial charge in [-0.2, -0.15) is 9.97 Å². The summed E-state index contributed by atoms with van der Waals surface area (Å²) >= 11 is 0. The average Bonchev–Trinajstić information content (AvgIpc) is 3.98. The van der Waals surface area contributed by atoms with Crippen LogP contribution < -0.4 is 0 Å². The van der Waals surface area contributed by atoms with E-state index in [0.29, 0.717) is 17.6 Å². The van der Waals surface area contributed by atoms with E-state index < -0.39 is 0 Å². The lowest BCUT2D eigenvalue weighted by atomic mass is 9.99. The lowest BCUT2D eigenvalue weighted by Crippen LogP contribution is -2.07. The van der Waals surface area contributed by atoms with E-state index in [-0.39, 0.29) is 0 Å². The van der Waals surface area contributed by atoms with Gasteiger partial charge in [0.15, 0.2) is 11.6 Å². The summed E-state index contributed by atoms with van der Waals surface area (Å²) in [7, 11) is 0. The number of para-hydroxylation sites is 4. The maximum atomic E-state index is 6.66. The fourth-order valence-corrected chi connectivity index (χ4v) is 9.12. The van der Waals surface area contributed by atoms with Gasteiger partial charge in [0, 0.05) is 60.0 Å². The van der Waals surface area contributed by atoms with Gasteiger partial charge in [-0.25, -0.2) is 4.98 Å². The molecule has 0 radical (unpaired) electrons. The molecule has 13 rings (SSSR count). The zero-order valence-electron chi connectivity index (χ0n) is 31.4. The Balaban J connectivity index is 1.15. The number of rotatable bonds is 4. The summed E-state index contributed by atoms with van der Waals surface area (Å²) in [6, 6.07) is 63.3. The second-order valence-corrected chi connectivity index (χ2v) is 15.2.